The molecule has 6 heteroatoms. The van der Waals surface area contributed by atoms with Crippen molar-refractivity contribution in [2.24, 2.45) is 0 Å². The van der Waals surface area contributed by atoms with E-state index in [1.54, 1.807) is 0 Å². The van der Waals surface area contributed by atoms with Gasteiger partial charge in [-0.2, -0.15) is 4.98 Å². The maximum atomic E-state index is 11.7. The lowest BCUT2D eigenvalue weighted by Gasteiger charge is -2.20. The summed E-state index contributed by atoms with van der Waals surface area (Å²) in [6.07, 6.45) is 5.67. The van der Waals surface area contributed by atoms with Crippen molar-refractivity contribution >= 4 is 5.91 Å². The van der Waals surface area contributed by atoms with Crippen molar-refractivity contribution in [2.75, 3.05) is 13.2 Å². The summed E-state index contributed by atoms with van der Waals surface area (Å²) in [4.78, 5) is 16.1. The van der Waals surface area contributed by atoms with Crippen LogP contribution in [0.2, 0.25) is 0 Å². The third kappa shape index (κ3) is 2.94. The molecule has 3 rings (SSSR count). The maximum Gasteiger partial charge on any atom is 0.249 e. The van der Waals surface area contributed by atoms with E-state index in [9.17, 15) is 4.79 Å². The number of hydrogen-bond donors (Lipinski definition) is 1. The fourth-order valence-electron chi connectivity index (χ4n) is 2.39. The van der Waals surface area contributed by atoms with Gasteiger partial charge < -0.3 is 14.6 Å². The van der Waals surface area contributed by atoms with E-state index in [2.05, 4.69) is 15.5 Å². The number of hydrogen-bond acceptors (Lipinski definition) is 5. The molecular weight excluding hydrogens is 246 g/mol. The molecule has 2 heterocycles. The molecule has 1 amide bonds. The molecule has 1 aromatic rings. The Hall–Kier alpha value is -1.43. The molecule has 1 aliphatic carbocycles. The van der Waals surface area contributed by atoms with Crippen LogP contribution in [0.1, 0.15) is 49.7 Å². The van der Waals surface area contributed by atoms with Gasteiger partial charge in [-0.3, -0.25) is 4.79 Å². The zero-order valence-corrected chi connectivity index (χ0v) is 10.9. The van der Waals surface area contributed by atoms with Crippen LogP contribution >= 0.6 is 0 Å². The highest BCUT2D eigenvalue weighted by atomic mass is 16.5. The van der Waals surface area contributed by atoms with Crippen molar-refractivity contribution in [3.63, 3.8) is 0 Å². The van der Waals surface area contributed by atoms with E-state index >= 15 is 0 Å². The predicted molar refractivity (Wildman–Crippen MR) is 66.6 cm³/mol. The number of carbonyl (C=O) groups is 1. The first-order valence-electron chi connectivity index (χ1n) is 7.05. The van der Waals surface area contributed by atoms with Crippen LogP contribution in [0.5, 0.6) is 0 Å². The Bertz CT molecular complexity index is 436. The van der Waals surface area contributed by atoms with Gasteiger partial charge in [0.1, 0.15) is 6.10 Å². The molecule has 19 heavy (non-hydrogen) atoms. The van der Waals surface area contributed by atoms with Gasteiger partial charge in [-0.05, 0) is 25.7 Å². The molecule has 2 fully saturated rings. The van der Waals surface area contributed by atoms with Crippen LogP contribution in [0.4, 0.5) is 0 Å². The van der Waals surface area contributed by atoms with E-state index in [4.69, 9.17) is 9.26 Å². The average molecular weight is 265 g/mol. The number of nitrogens with zero attached hydrogens (tertiary/aromatic N) is 2. The van der Waals surface area contributed by atoms with Crippen LogP contribution in [0.25, 0.3) is 0 Å². The third-order valence-electron chi connectivity index (χ3n) is 3.81. The highest BCUT2D eigenvalue weighted by Crippen LogP contribution is 2.35. The molecule has 1 saturated carbocycles. The van der Waals surface area contributed by atoms with Gasteiger partial charge in [-0.15, -0.1) is 0 Å². The van der Waals surface area contributed by atoms with Crippen molar-refractivity contribution in [3.05, 3.63) is 11.7 Å². The lowest BCUT2D eigenvalue weighted by atomic mass is 9.85. The van der Waals surface area contributed by atoms with E-state index in [0.717, 1.165) is 31.6 Å². The Labute approximate surface area is 111 Å². The predicted octanol–water partition coefficient (Wildman–Crippen LogP) is 1.17. The van der Waals surface area contributed by atoms with E-state index in [0.29, 0.717) is 31.3 Å². The lowest BCUT2D eigenvalue weighted by molar-refractivity contribution is -0.129. The zero-order valence-electron chi connectivity index (χ0n) is 10.9. The molecule has 104 valence electrons. The molecule has 1 unspecified atom stereocenters. The van der Waals surface area contributed by atoms with Gasteiger partial charge in [-0.1, -0.05) is 11.6 Å². The van der Waals surface area contributed by atoms with Crippen LogP contribution in [-0.2, 0) is 16.0 Å². The normalized spacial score (nSPS) is 23.3. The van der Waals surface area contributed by atoms with Crippen LogP contribution in [0.15, 0.2) is 4.52 Å². The highest BCUT2D eigenvalue weighted by molar-refractivity contribution is 5.80. The Morgan fingerprint density at radius 1 is 1.32 bits per heavy atom. The van der Waals surface area contributed by atoms with E-state index in [1.165, 1.54) is 6.42 Å². The molecule has 1 aromatic heterocycles. The van der Waals surface area contributed by atoms with E-state index in [1.807, 2.05) is 0 Å². The summed E-state index contributed by atoms with van der Waals surface area (Å²) in [5.74, 6) is 1.86. The molecule has 0 radical (unpaired) electrons. The third-order valence-corrected chi connectivity index (χ3v) is 3.81. The molecule has 1 N–H and O–H groups in total. The van der Waals surface area contributed by atoms with Gasteiger partial charge in [0.15, 0.2) is 5.82 Å². The van der Waals surface area contributed by atoms with E-state index < -0.39 is 0 Å². The maximum absolute atomic E-state index is 11.7. The molecular formula is C13H19N3O3. The van der Waals surface area contributed by atoms with Crippen molar-refractivity contribution in [3.8, 4) is 0 Å². The van der Waals surface area contributed by atoms with Crippen molar-refractivity contribution in [1.82, 2.24) is 15.5 Å². The molecule has 2 aliphatic rings. The highest BCUT2D eigenvalue weighted by Gasteiger charge is 2.25. The van der Waals surface area contributed by atoms with Crippen LogP contribution in [0.3, 0.4) is 0 Å². The van der Waals surface area contributed by atoms with Crippen LogP contribution in [-0.4, -0.2) is 35.3 Å². The summed E-state index contributed by atoms with van der Waals surface area (Å²) < 4.78 is 10.5. The van der Waals surface area contributed by atoms with Crippen molar-refractivity contribution in [1.29, 1.82) is 0 Å². The molecule has 0 aromatic carbocycles. The summed E-state index contributed by atoms with van der Waals surface area (Å²) in [5, 5.41) is 6.80. The van der Waals surface area contributed by atoms with Gasteiger partial charge in [-0.25, -0.2) is 0 Å². The summed E-state index contributed by atoms with van der Waals surface area (Å²) >= 11 is 0. The molecule has 1 saturated heterocycles. The summed E-state index contributed by atoms with van der Waals surface area (Å²) in [6.45, 7) is 1.22. The zero-order chi connectivity index (χ0) is 13.1. The topological polar surface area (TPSA) is 77.3 Å². The number of aromatic nitrogens is 2. The number of rotatable bonds is 5. The second-order valence-electron chi connectivity index (χ2n) is 5.22. The molecule has 6 nitrogen and oxygen atoms in total. The number of ether oxygens (including phenoxy) is 1. The average Bonchev–Trinajstić information content (AvgIpc) is 2.97. The minimum atomic E-state index is -0.268. The number of nitrogens with one attached hydrogen (secondary N) is 1. The molecule has 1 aliphatic heterocycles. The second kappa shape index (κ2) is 5.69. The SMILES string of the molecule is O=C(NCCc1noc(C2CCC2)n1)C1CCCO1. The van der Waals surface area contributed by atoms with Crippen molar-refractivity contribution in [2.45, 2.75) is 50.5 Å². The number of amides is 1. The lowest BCUT2D eigenvalue weighted by Crippen LogP contribution is -2.35. The fourth-order valence-corrected chi connectivity index (χ4v) is 2.39. The minimum absolute atomic E-state index is 0.0276. The van der Waals surface area contributed by atoms with Gasteiger partial charge in [0.2, 0.25) is 11.8 Å². The standard InChI is InChI=1S/C13H19N3O3/c17-12(10-5-2-8-18-10)14-7-6-11-15-13(19-16-11)9-3-1-4-9/h9-10H,1-8H2,(H,14,17). The summed E-state index contributed by atoms with van der Waals surface area (Å²) in [6, 6.07) is 0. The van der Waals surface area contributed by atoms with Gasteiger partial charge >= 0.3 is 0 Å². The molecule has 0 spiro atoms. The van der Waals surface area contributed by atoms with E-state index in [-0.39, 0.29) is 12.0 Å². The number of carbonyl (C=O) groups excluding carboxylic acids is 1. The molecule has 1 atom stereocenters. The van der Waals surface area contributed by atoms with Crippen LogP contribution < -0.4 is 5.32 Å². The Kier molecular flexibility index (Phi) is 3.77. The Balaban J connectivity index is 1.41. The summed E-state index contributed by atoms with van der Waals surface area (Å²) in [5.41, 5.74) is 0. The van der Waals surface area contributed by atoms with Gasteiger partial charge in [0.05, 0.1) is 0 Å². The smallest absolute Gasteiger partial charge is 0.249 e. The summed E-state index contributed by atoms with van der Waals surface area (Å²) in [7, 11) is 0. The quantitative estimate of drug-likeness (QED) is 0.865. The molecule has 0 bridgehead atoms. The Morgan fingerprint density at radius 2 is 2.21 bits per heavy atom. The second-order valence-corrected chi connectivity index (χ2v) is 5.22. The first kappa shape index (κ1) is 12.6. The Morgan fingerprint density at radius 3 is 2.89 bits per heavy atom. The first-order valence-corrected chi connectivity index (χ1v) is 7.05. The van der Waals surface area contributed by atoms with Gasteiger partial charge in [0, 0.05) is 25.5 Å². The fraction of sp³-hybridized carbons (Fsp3) is 0.769. The van der Waals surface area contributed by atoms with Crippen molar-refractivity contribution < 1.29 is 14.1 Å². The largest absolute Gasteiger partial charge is 0.368 e. The first-order chi connectivity index (χ1) is 9.33. The minimum Gasteiger partial charge on any atom is -0.368 e. The van der Waals surface area contributed by atoms with Crippen LogP contribution in [0, 0.1) is 0 Å². The monoisotopic (exact) mass is 265 g/mol. The van der Waals surface area contributed by atoms with Gasteiger partial charge in [0.25, 0.3) is 0 Å².